The first-order valence-electron chi connectivity index (χ1n) is 5.14. The van der Waals surface area contributed by atoms with Crippen molar-refractivity contribution >= 4 is 17.4 Å². The normalized spacial score (nSPS) is 12.2. The number of aromatic nitrogens is 2. The molecule has 0 amide bonds. The van der Waals surface area contributed by atoms with E-state index >= 15 is 0 Å². The highest BCUT2D eigenvalue weighted by Crippen LogP contribution is 2.17. The van der Waals surface area contributed by atoms with Gasteiger partial charge in [0.1, 0.15) is 16.8 Å². The average molecular weight is 252 g/mol. The molecule has 1 N–H and O–H groups in total. The molecule has 0 bridgehead atoms. The lowest BCUT2D eigenvalue weighted by Crippen LogP contribution is -2.08. The lowest BCUT2D eigenvalue weighted by molar-refractivity contribution is 0.626. The van der Waals surface area contributed by atoms with E-state index in [1.165, 1.54) is 18.3 Å². The topological polar surface area (TPSA) is 37.8 Å². The van der Waals surface area contributed by atoms with Crippen LogP contribution in [-0.2, 0) is 0 Å². The van der Waals surface area contributed by atoms with Crippen LogP contribution in [0.2, 0.25) is 5.15 Å². The number of anilines is 1. The minimum atomic E-state index is -0.243. The summed E-state index contributed by atoms with van der Waals surface area (Å²) in [6.45, 7) is 1.96. The Balaban J connectivity index is 2.08. The van der Waals surface area contributed by atoms with Gasteiger partial charge in [0.05, 0.1) is 12.4 Å². The third kappa shape index (κ3) is 3.14. The van der Waals surface area contributed by atoms with Crippen LogP contribution in [0.5, 0.6) is 0 Å². The van der Waals surface area contributed by atoms with E-state index in [1.54, 1.807) is 18.3 Å². The minimum absolute atomic E-state index is 0.0195. The molecule has 0 fully saturated rings. The van der Waals surface area contributed by atoms with E-state index in [0.717, 1.165) is 5.56 Å². The summed E-state index contributed by atoms with van der Waals surface area (Å²) in [4.78, 5) is 8.00. The summed E-state index contributed by atoms with van der Waals surface area (Å²) in [5.41, 5.74) is 0.975. The molecule has 0 aliphatic rings. The molecule has 1 aromatic heterocycles. The average Bonchev–Trinajstić information content (AvgIpc) is 2.33. The van der Waals surface area contributed by atoms with Crippen molar-refractivity contribution in [2.24, 2.45) is 0 Å². The Labute approximate surface area is 104 Å². The molecule has 1 aromatic carbocycles. The number of halogens is 2. The molecule has 0 aliphatic carbocycles. The van der Waals surface area contributed by atoms with Crippen molar-refractivity contribution in [3.8, 4) is 0 Å². The van der Waals surface area contributed by atoms with Crippen LogP contribution in [0.25, 0.3) is 0 Å². The van der Waals surface area contributed by atoms with E-state index in [-0.39, 0.29) is 11.9 Å². The van der Waals surface area contributed by atoms with Crippen LogP contribution in [0.15, 0.2) is 36.7 Å². The maximum Gasteiger partial charge on any atom is 0.147 e. The molecule has 1 heterocycles. The standard InChI is InChI=1S/C12H11ClFN3/c1-8(9-2-4-10(14)5-3-9)17-12-7-15-11(13)6-16-12/h2-8H,1H3,(H,16,17)/t8-/m1/s1. The highest BCUT2D eigenvalue weighted by atomic mass is 35.5. The second-order valence-electron chi connectivity index (χ2n) is 3.64. The molecule has 0 unspecified atom stereocenters. The second-order valence-corrected chi connectivity index (χ2v) is 4.03. The fraction of sp³-hybridized carbons (Fsp3) is 0.167. The van der Waals surface area contributed by atoms with Gasteiger partial charge in [-0.15, -0.1) is 0 Å². The SMILES string of the molecule is C[C@@H](Nc1cnc(Cl)cn1)c1ccc(F)cc1. The van der Waals surface area contributed by atoms with E-state index in [2.05, 4.69) is 15.3 Å². The number of rotatable bonds is 3. The van der Waals surface area contributed by atoms with E-state index in [1.807, 2.05) is 6.92 Å². The quantitative estimate of drug-likeness (QED) is 0.908. The molecule has 1 atom stereocenters. The predicted molar refractivity (Wildman–Crippen MR) is 65.5 cm³/mol. The molecule has 2 rings (SSSR count). The van der Waals surface area contributed by atoms with Gasteiger partial charge in [0.2, 0.25) is 0 Å². The monoisotopic (exact) mass is 251 g/mol. The second kappa shape index (κ2) is 5.10. The third-order valence-corrected chi connectivity index (χ3v) is 2.55. The Morgan fingerprint density at radius 2 is 1.88 bits per heavy atom. The van der Waals surface area contributed by atoms with Crippen molar-refractivity contribution in [2.75, 3.05) is 5.32 Å². The number of hydrogen-bond acceptors (Lipinski definition) is 3. The summed E-state index contributed by atoms with van der Waals surface area (Å²) in [6.07, 6.45) is 3.03. The largest absolute Gasteiger partial charge is 0.362 e. The molecular weight excluding hydrogens is 241 g/mol. The Bertz CT molecular complexity index is 484. The first-order chi connectivity index (χ1) is 8.15. The summed E-state index contributed by atoms with van der Waals surface area (Å²) in [5, 5.41) is 3.50. The Morgan fingerprint density at radius 1 is 1.18 bits per heavy atom. The zero-order valence-electron chi connectivity index (χ0n) is 9.19. The third-order valence-electron chi connectivity index (χ3n) is 2.35. The molecule has 0 saturated heterocycles. The van der Waals surface area contributed by atoms with Gasteiger partial charge in [-0.25, -0.2) is 14.4 Å². The molecular formula is C12H11ClFN3. The molecule has 88 valence electrons. The van der Waals surface area contributed by atoms with Gasteiger partial charge in [-0.1, -0.05) is 23.7 Å². The van der Waals surface area contributed by atoms with Crippen LogP contribution in [-0.4, -0.2) is 9.97 Å². The van der Waals surface area contributed by atoms with Crippen molar-refractivity contribution in [3.63, 3.8) is 0 Å². The Morgan fingerprint density at radius 3 is 2.47 bits per heavy atom. The number of benzene rings is 1. The fourth-order valence-electron chi connectivity index (χ4n) is 1.44. The van der Waals surface area contributed by atoms with Gasteiger partial charge < -0.3 is 5.32 Å². The highest BCUT2D eigenvalue weighted by molar-refractivity contribution is 6.29. The van der Waals surface area contributed by atoms with Crippen LogP contribution >= 0.6 is 11.6 Å². The molecule has 0 aliphatic heterocycles. The zero-order valence-corrected chi connectivity index (χ0v) is 9.95. The predicted octanol–water partition coefficient (Wildman–Crippen LogP) is 3.44. The van der Waals surface area contributed by atoms with E-state index in [4.69, 9.17) is 11.6 Å². The molecule has 0 spiro atoms. The van der Waals surface area contributed by atoms with Crippen molar-refractivity contribution in [2.45, 2.75) is 13.0 Å². The summed E-state index contributed by atoms with van der Waals surface area (Å²) >= 11 is 5.64. The maximum atomic E-state index is 12.8. The molecule has 17 heavy (non-hydrogen) atoms. The van der Waals surface area contributed by atoms with E-state index < -0.39 is 0 Å². The van der Waals surface area contributed by atoms with Crippen LogP contribution < -0.4 is 5.32 Å². The fourth-order valence-corrected chi connectivity index (χ4v) is 1.54. The number of hydrogen-bond donors (Lipinski definition) is 1. The smallest absolute Gasteiger partial charge is 0.147 e. The van der Waals surface area contributed by atoms with Crippen molar-refractivity contribution in [3.05, 3.63) is 53.2 Å². The van der Waals surface area contributed by atoms with Crippen molar-refractivity contribution in [1.29, 1.82) is 0 Å². The van der Waals surface area contributed by atoms with Gasteiger partial charge in [-0.2, -0.15) is 0 Å². The Hall–Kier alpha value is -1.68. The van der Waals surface area contributed by atoms with Gasteiger partial charge in [0.25, 0.3) is 0 Å². The van der Waals surface area contributed by atoms with Crippen molar-refractivity contribution < 1.29 is 4.39 Å². The van der Waals surface area contributed by atoms with Crippen LogP contribution in [0.4, 0.5) is 10.2 Å². The zero-order chi connectivity index (χ0) is 12.3. The molecule has 0 saturated carbocycles. The van der Waals surface area contributed by atoms with Gasteiger partial charge in [0, 0.05) is 6.04 Å². The van der Waals surface area contributed by atoms with Gasteiger partial charge in [-0.05, 0) is 24.6 Å². The van der Waals surface area contributed by atoms with Gasteiger partial charge >= 0.3 is 0 Å². The maximum absolute atomic E-state index is 12.8. The summed E-state index contributed by atoms with van der Waals surface area (Å²) < 4.78 is 12.8. The van der Waals surface area contributed by atoms with Crippen LogP contribution in [0.1, 0.15) is 18.5 Å². The first kappa shape index (κ1) is 11.8. The lowest BCUT2D eigenvalue weighted by Gasteiger charge is -2.14. The summed E-state index contributed by atoms with van der Waals surface area (Å²) in [6, 6.07) is 6.35. The molecule has 0 radical (unpaired) electrons. The molecule has 2 aromatic rings. The van der Waals surface area contributed by atoms with Gasteiger partial charge in [0.15, 0.2) is 0 Å². The van der Waals surface area contributed by atoms with E-state index in [9.17, 15) is 4.39 Å². The molecule has 3 nitrogen and oxygen atoms in total. The van der Waals surface area contributed by atoms with Crippen LogP contribution in [0, 0.1) is 5.82 Å². The summed E-state index contributed by atoms with van der Waals surface area (Å²) in [5.74, 6) is 0.387. The number of nitrogens with one attached hydrogen (secondary N) is 1. The Kier molecular flexibility index (Phi) is 3.54. The van der Waals surface area contributed by atoms with Crippen LogP contribution in [0.3, 0.4) is 0 Å². The van der Waals surface area contributed by atoms with Crippen molar-refractivity contribution in [1.82, 2.24) is 9.97 Å². The van der Waals surface area contributed by atoms with Gasteiger partial charge in [-0.3, -0.25) is 0 Å². The lowest BCUT2D eigenvalue weighted by atomic mass is 10.1. The number of nitrogens with zero attached hydrogens (tertiary/aromatic N) is 2. The highest BCUT2D eigenvalue weighted by Gasteiger charge is 2.06. The molecule has 5 heteroatoms. The first-order valence-corrected chi connectivity index (χ1v) is 5.52. The van der Waals surface area contributed by atoms with E-state index in [0.29, 0.717) is 11.0 Å². The summed E-state index contributed by atoms with van der Waals surface area (Å²) in [7, 11) is 0. The minimum Gasteiger partial charge on any atom is -0.362 e.